The van der Waals surface area contributed by atoms with E-state index in [1.807, 2.05) is 0 Å². The molecule has 1 atom stereocenters. The van der Waals surface area contributed by atoms with Crippen LogP contribution >= 0.6 is 0 Å². The van der Waals surface area contributed by atoms with E-state index in [1.54, 1.807) is 0 Å². The Morgan fingerprint density at radius 1 is 1.27 bits per heavy atom. The first-order chi connectivity index (χ1) is 7.10. The minimum atomic E-state index is 0.214. The van der Waals surface area contributed by atoms with Gasteiger partial charge in [0.2, 0.25) is 0 Å². The van der Waals surface area contributed by atoms with Crippen molar-refractivity contribution in [1.29, 1.82) is 0 Å². The zero-order chi connectivity index (χ0) is 10.9. The maximum Gasteiger partial charge on any atom is 0.0304 e. The van der Waals surface area contributed by atoms with Crippen molar-refractivity contribution in [3.05, 3.63) is 0 Å². The Morgan fingerprint density at radius 2 is 1.87 bits per heavy atom. The van der Waals surface area contributed by atoms with Crippen LogP contribution in [0.4, 0.5) is 0 Å². The molecule has 2 N–H and O–H groups in total. The molecule has 1 aliphatic heterocycles. The maximum atomic E-state index is 6.37. The molecule has 15 heavy (non-hydrogen) atoms. The van der Waals surface area contributed by atoms with Gasteiger partial charge in [0.25, 0.3) is 0 Å². The molecule has 0 radical (unpaired) electrons. The molecule has 0 amide bonds. The number of nitrogens with zero attached hydrogens (tertiary/aromatic N) is 1. The molecule has 0 aromatic heterocycles. The fourth-order valence-electron chi connectivity index (χ4n) is 2.70. The number of hydrogen-bond donors (Lipinski definition) is 1. The molecule has 2 aliphatic rings. The second kappa shape index (κ2) is 4.42. The quantitative estimate of drug-likeness (QED) is 0.755. The van der Waals surface area contributed by atoms with Crippen molar-refractivity contribution in [2.24, 2.45) is 11.7 Å². The smallest absolute Gasteiger partial charge is 0.0304 e. The third-order valence-corrected chi connectivity index (χ3v) is 4.41. The monoisotopic (exact) mass is 210 g/mol. The molecule has 0 bridgehead atoms. The lowest BCUT2D eigenvalue weighted by atomic mass is 9.89. The van der Waals surface area contributed by atoms with Gasteiger partial charge in [-0.1, -0.05) is 12.8 Å². The van der Waals surface area contributed by atoms with Gasteiger partial charge in [-0.3, -0.25) is 4.90 Å². The fourth-order valence-corrected chi connectivity index (χ4v) is 2.70. The first-order valence-corrected chi connectivity index (χ1v) is 6.61. The van der Waals surface area contributed by atoms with Crippen molar-refractivity contribution in [2.45, 2.75) is 64.0 Å². The Hall–Kier alpha value is -0.0800. The molecule has 88 valence electrons. The van der Waals surface area contributed by atoms with Crippen molar-refractivity contribution < 1.29 is 0 Å². The summed E-state index contributed by atoms with van der Waals surface area (Å²) in [6.45, 7) is 7.17. The highest BCUT2D eigenvalue weighted by atomic mass is 15.2. The van der Waals surface area contributed by atoms with Crippen LogP contribution in [0.5, 0.6) is 0 Å². The molecule has 2 nitrogen and oxygen atoms in total. The van der Waals surface area contributed by atoms with E-state index in [4.69, 9.17) is 5.73 Å². The lowest BCUT2D eigenvalue weighted by Crippen LogP contribution is -2.55. The van der Waals surface area contributed by atoms with E-state index in [2.05, 4.69) is 18.7 Å². The summed E-state index contributed by atoms with van der Waals surface area (Å²) in [5, 5.41) is 0. The van der Waals surface area contributed by atoms with Crippen molar-refractivity contribution >= 4 is 0 Å². The minimum absolute atomic E-state index is 0.214. The highest BCUT2D eigenvalue weighted by molar-refractivity contribution is 4.94. The molecule has 2 fully saturated rings. The van der Waals surface area contributed by atoms with Gasteiger partial charge in [0, 0.05) is 11.6 Å². The maximum absolute atomic E-state index is 6.37. The van der Waals surface area contributed by atoms with Crippen LogP contribution in [0.15, 0.2) is 0 Å². The summed E-state index contributed by atoms with van der Waals surface area (Å²) in [6, 6.07) is 0.358. The largest absolute Gasteiger partial charge is 0.326 e. The van der Waals surface area contributed by atoms with E-state index in [-0.39, 0.29) is 5.54 Å². The lowest BCUT2D eigenvalue weighted by molar-refractivity contribution is 0.118. The van der Waals surface area contributed by atoms with Crippen molar-refractivity contribution in [2.75, 3.05) is 13.1 Å². The van der Waals surface area contributed by atoms with Gasteiger partial charge in [0.1, 0.15) is 0 Å². The molecule has 1 unspecified atom stereocenters. The Labute approximate surface area is 94.2 Å². The highest BCUT2D eigenvalue weighted by Gasteiger charge is 2.35. The normalized spacial score (nSPS) is 25.8. The van der Waals surface area contributed by atoms with Crippen LogP contribution in [0, 0.1) is 5.92 Å². The van der Waals surface area contributed by atoms with Gasteiger partial charge in [-0.05, 0) is 58.5 Å². The van der Waals surface area contributed by atoms with Gasteiger partial charge in [-0.15, -0.1) is 0 Å². The van der Waals surface area contributed by atoms with Crippen molar-refractivity contribution in [1.82, 2.24) is 4.90 Å². The average molecular weight is 210 g/mol. The first-order valence-electron chi connectivity index (χ1n) is 6.61. The molecule has 0 spiro atoms. The Bertz CT molecular complexity index is 203. The topological polar surface area (TPSA) is 29.3 Å². The van der Waals surface area contributed by atoms with Crippen LogP contribution in [0.2, 0.25) is 0 Å². The van der Waals surface area contributed by atoms with E-state index in [0.717, 1.165) is 5.92 Å². The summed E-state index contributed by atoms with van der Waals surface area (Å²) in [6.07, 6.45) is 8.21. The zero-order valence-corrected chi connectivity index (χ0v) is 10.3. The fraction of sp³-hybridized carbons (Fsp3) is 1.00. The molecule has 2 heteroatoms. The number of likely N-dealkylation sites (tertiary alicyclic amines) is 1. The van der Waals surface area contributed by atoms with Gasteiger partial charge in [-0.2, -0.15) is 0 Å². The summed E-state index contributed by atoms with van der Waals surface area (Å²) in [5.74, 6) is 1.02. The Morgan fingerprint density at radius 3 is 2.40 bits per heavy atom. The van der Waals surface area contributed by atoms with Gasteiger partial charge >= 0.3 is 0 Å². The minimum Gasteiger partial charge on any atom is -0.326 e. The third kappa shape index (κ3) is 2.73. The molecule has 1 heterocycles. The third-order valence-electron chi connectivity index (χ3n) is 4.41. The lowest BCUT2D eigenvalue weighted by Gasteiger charge is -2.40. The van der Waals surface area contributed by atoms with E-state index in [9.17, 15) is 0 Å². The number of hydrogen-bond acceptors (Lipinski definition) is 2. The SMILES string of the molecule is CC(C)(C(N)CCC1CC1)N1CCCC1. The summed E-state index contributed by atoms with van der Waals surface area (Å²) in [5.41, 5.74) is 6.58. The molecule has 0 aromatic carbocycles. The Kier molecular flexibility index (Phi) is 3.36. The van der Waals surface area contributed by atoms with Crippen LogP contribution in [-0.4, -0.2) is 29.6 Å². The molecular formula is C13H26N2. The molecule has 1 saturated heterocycles. The van der Waals surface area contributed by atoms with Crippen LogP contribution in [0.25, 0.3) is 0 Å². The van der Waals surface area contributed by atoms with Crippen molar-refractivity contribution in [3.63, 3.8) is 0 Å². The summed E-state index contributed by atoms with van der Waals surface area (Å²) < 4.78 is 0. The Balaban J connectivity index is 1.81. The summed E-state index contributed by atoms with van der Waals surface area (Å²) >= 11 is 0. The van der Waals surface area contributed by atoms with Gasteiger partial charge in [0.15, 0.2) is 0 Å². The van der Waals surface area contributed by atoms with Crippen LogP contribution in [0.3, 0.4) is 0 Å². The molecule has 1 aliphatic carbocycles. The van der Waals surface area contributed by atoms with Crippen LogP contribution in [-0.2, 0) is 0 Å². The van der Waals surface area contributed by atoms with Crippen molar-refractivity contribution in [3.8, 4) is 0 Å². The predicted octanol–water partition coefficient (Wildman–Crippen LogP) is 2.38. The molecule has 0 aromatic rings. The standard InChI is InChI=1S/C13H26N2/c1-13(2,15-9-3-4-10-15)12(14)8-7-11-5-6-11/h11-12H,3-10,14H2,1-2H3. The molecular weight excluding hydrogens is 184 g/mol. The molecule has 2 rings (SSSR count). The zero-order valence-electron chi connectivity index (χ0n) is 10.3. The van der Waals surface area contributed by atoms with Crippen LogP contribution in [0.1, 0.15) is 52.4 Å². The highest BCUT2D eigenvalue weighted by Crippen LogP contribution is 2.35. The average Bonchev–Trinajstić information content (AvgIpc) is 2.85. The van der Waals surface area contributed by atoms with E-state index < -0.39 is 0 Å². The van der Waals surface area contributed by atoms with Gasteiger partial charge in [0.05, 0.1) is 0 Å². The van der Waals surface area contributed by atoms with E-state index >= 15 is 0 Å². The summed E-state index contributed by atoms with van der Waals surface area (Å²) in [7, 11) is 0. The number of rotatable bonds is 5. The number of nitrogens with two attached hydrogens (primary N) is 1. The van der Waals surface area contributed by atoms with Crippen LogP contribution < -0.4 is 5.73 Å². The predicted molar refractivity (Wildman–Crippen MR) is 64.8 cm³/mol. The van der Waals surface area contributed by atoms with E-state index in [0.29, 0.717) is 6.04 Å². The summed E-state index contributed by atoms with van der Waals surface area (Å²) in [4.78, 5) is 2.59. The second-order valence-electron chi connectivity index (χ2n) is 5.98. The molecule has 1 saturated carbocycles. The van der Waals surface area contributed by atoms with E-state index in [1.165, 1.54) is 51.6 Å². The van der Waals surface area contributed by atoms with Gasteiger partial charge < -0.3 is 5.73 Å². The van der Waals surface area contributed by atoms with Gasteiger partial charge in [-0.25, -0.2) is 0 Å². The first kappa shape index (κ1) is 11.4. The second-order valence-corrected chi connectivity index (χ2v) is 5.98.